The molecule has 2 heterocycles. The van der Waals surface area contributed by atoms with Crippen LogP contribution >= 0.6 is 11.3 Å². The number of fused-ring (bicyclic) bond motifs is 1. The number of aryl methyl sites for hydroxylation is 1. The number of para-hydroxylation sites is 3. The van der Waals surface area contributed by atoms with Gasteiger partial charge in [0.05, 0.1) is 32.9 Å². The largest absolute Gasteiger partial charge is 0.324 e. The van der Waals surface area contributed by atoms with Crippen LogP contribution in [0.15, 0.2) is 67.3 Å². The van der Waals surface area contributed by atoms with Gasteiger partial charge in [0.25, 0.3) is 0 Å². The van der Waals surface area contributed by atoms with Crippen molar-refractivity contribution in [2.24, 2.45) is 0 Å². The Kier molecular flexibility index (Phi) is 5.25. The summed E-state index contributed by atoms with van der Waals surface area (Å²) in [6.45, 7) is 0. The van der Waals surface area contributed by atoms with Crippen molar-refractivity contribution in [1.82, 2.24) is 14.5 Å². The van der Waals surface area contributed by atoms with E-state index >= 15 is 0 Å². The fourth-order valence-corrected chi connectivity index (χ4v) is 4.02. The number of imidazole rings is 1. The number of carbonyl (C=O) groups is 1. The molecule has 0 aliphatic carbocycles. The summed E-state index contributed by atoms with van der Waals surface area (Å²) in [6, 6.07) is 15.9. The average Bonchev–Trinajstić information content (AvgIpc) is 3.35. The van der Waals surface area contributed by atoms with Crippen molar-refractivity contribution < 1.29 is 4.79 Å². The third-order valence-corrected chi connectivity index (χ3v) is 5.44. The molecule has 136 valence electrons. The Labute approximate surface area is 161 Å². The highest BCUT2D eigenvalue weighted by molar-refractivity contribution is 7.18. The number of thiazole rings is 1. The van der Waals surface area contributed by atoms with Crippen LogP contribution in [0.2, 0.25) is 0 Å². The number of hydrogen-bond donors (Lipinski definition) is 1. The van der Waals surface area contributed by atoms with E-state index in [1.54, 1.807) is 23.9 Å². The third-order valence-electron chi connectivity index (χ3n) is 4.34. The van der Waals surface area contributed by atoms with Crippen molar-refractivity contribution in [3.8, 4) is 5.69 Å². The summed E-state index contributed by atoms with van der Waals surface area (Å²) < 4.78 is 3.12. The Balaban J connectivity index is 1.29. The van der Waals surface area contributed by atoms with Crippen molar-refractivity contribution in [3.05, 3.63) is 72.3 Å². The Morgan fingerprint density at radius 3 is 2.78 bits per heavy atom. The van der Waals surface area contributed by atoms with Crippen molar-refractivity contribution in [2.75, 3.05) is 5.32 Å². The molecule has 0 spiro atoms. The Hall–Kier alpha value is -2.99. The Morgan fingerprint density at radius 1 is 1.07 bits per heavy atom. The van der Waals surface area contributed by atoms with Gasteiger partial charge in [0, 0.05) is 18.8 Å². The zero-order chi connectivity index (χ0) is 18.5. The second kappa shape index (κ2) is 8.14. The van der Waals surface area contributed by atoms with Gasteiger partial charge in [-0.1, -0.05) is 24.3 Å². The summed E-state index contributed by atoms with van der Waals surface area (Å²) in [5.41, 5.74) is 2.77. The second-order valence-corrected chi connectivity index (χ2v) is 7.43. The lowest BCUT2D eigenvalue weighted by Gasteiger charge is -2.11. The molecule has 0 aliphatic rings. The summed E-state index contributed by atoms with van der Waals surface area (Å²) in [5.74, 6) is 0.0341. The van der Waals surface area contributed by atoms with Crippen LogP contribution in [0, 0.1) is 0 Å². The Morgan fingerprint density at radius 2 is 1.93 bits per heavy atom. The number of unbranched alkanes of at least 4 members (excludes halogenated alkanes) is 1. The van der Waals surface area contributed by atoms with Gasteiger partial charge in [-0.15, -0.1) is 11.3 Å². The summed E-state index contributed by atoms with van der Waals surface area (Å²) in [7, 11) is 0. The minimum atomic E-state index is 0.0341. The van der Waals surface area contributed by atoms with E-state index in [1.807, 2.05) is 53.2 Å². The maximum atomic E-state index is 12.3. The van der Waals surface area contributed by atoms with E-state index in [0.717, 1.165) is 41.2 Å². The molecule has 0 atom stereocenters. The lowest BCUT2D eigenvalue weighted by Crippen LogP contribution is -2.13. The Bertz CT molecular complexity index is 1010. The van der Waals surface area contributed by atoms with Crippen LogP contribution in [-0.4, -0.2) is 20.4 Å². The first-order chi connectivity index (χ1) is 13.3. The zero-order valence-electron chi connectivity index (χ0n) is 14.8. The number of anilines is 1. The summed E-state index contributed by atoms with van der Waals surface area (Å²) in [4.78, 5) is 21.1. The maximum absolute atomic E-state index is 12.3. The van der Waals surface area contributed by atoms with Gasteiger partial charge in [0.1, 0.15) is 0 Å². The summed E-state index contributed by atoms with van der Waals surface area (Å²) in [6.07, 6.45) is 8.53. The zero-order valence-corrected chi connectivity index (χ0v) is 15.7. The number of nitrogens with zero attached hydrogens (tertiary/aromatic N) is 3. The highest BCUT2D eigenvalue weighted by Gasteiger charge is 2.08. The predicted octanol–water partition coefficient (Wildman–Crippen LogP) is 4.83. The number of hydrogen-bond acceptors (Lipinski definition) is 4. The normalized spacial score (nSPS) is 11.0. The van der Waals surface area contributed by atoms with Gasteiger partial charge < -0.3 is 9.88 Å². The fourth-order valence-electron chi connectivity index (χ4n) is 3.01. The van der Waals surface area contributed by atoms with Crippen molar-refractivity contribution in [3.63, 3.8) is 0 Å². The number of carbonyl (C=O) groups excluding carboxylic acids is 1. The lowest BCUT2D eigenvalue weighted by atomic mass is 10.2. The van der Waals surface area contributed by atoms with Gasteiger partial charge in [-0.25, -0.2) is 9.97 Å². The van der Waals surface area contributed by atoms with Crippen LogP contribution in [0.25, 0.3) is 15.9 Å². The quantitative estimate of drug-likeness (QED) is 0.470. The topological polar surface area (TPSA) is 59.8 Å². The van der Waals surface area contributed by atoms with Crippen molar-refractivity contribution >= 4 is 33.1 Å². The van der Waals surface area contributed by atoms with E-state index in [4.69, 9.17) is 0 Å². The standard InChI is InChI=1S/C21H20N4OS/c26-20(23-16-7-1-3-9-18(16)25-14-13-22-15-25)11-5-6-12-21-24-17-8-2-4-10-19(17)27-21/h1-4,7-10,13-15H,5-6,11-12H2,(H,23,26). The average molecular weight is 376 g/mol. The molecule has 0 aliphatic heterocycles. The maximum Gasteiger partial charge on any atom is 0.224 e. The smallest absolute Gasteiger partial charge is 0.224 e. The van der Waals surface area contributed by atoms with Gasteiger partial charge >= 0.3 is 0 Å². The minimum Gasteiger partial charge on any atom is -0.324 e. The molecular weight excluding hydrogens is 356 g/mol. The number of nitrogens with one attached hydrogen (secondary N) is 1. The summed E-state index contributed by atoms with van der Waals surface area (Å²) in [5, 5.41) is 4.16. The molecule has 0 saturated carbocycles. The molecule has 0 radical (unpaired) electrons. The van der Waals surface area contributed by atoms with E-state index < -0.39 is 0 Å². The molecule has 1 N–H and O–H groups in total. The molecule has 0 saturated heterocycles. The highest BCUT2D eigenvalue weighted by atomic mass is 32.1. The van der Waals surface area contributed by atoms with Crippen molar-refractivity contribution in [2.45, 2.75) is 25.7 Å². The van der Waals surface area contributed by atoms with E-state index in [-0.39, 0.29) is 5.91 Å². The van der Waals surface area contributed by atoms with E-state index in [2.05, 4.69) is 21.4 Å². The molecule has 0 bridgehead atoms. The van der Waals surface area contributed by atoms with Crippen molar-refractivity contribution in [1.29, 1.82) is 0 Å². The molecule has 5 nitrogen and oxygen atoms in total. The molecule has 4 rings (SSSR count). The molecule has 6 heteroatoms. The molecule has 4 aromatic rings. The number of benzene rings is 2. The number of aromatic nitrogens is 3. The first-order valence-corrected chi connectivity index (χ1v) is 9.83. The molecular formula is C21H20N4OS. The van der Waals surface area contributed by atoms with Crippen LogP contribution in [0.5, 0.6) is 0 Å². The second-order valence-electron chi connectivity index (χ2n) is 6.32. The lowest BCUT2D eigenvalue weighted by molar-refractivity contribution is -0.116. The van der Waals surface area contributed by atoms with E-state index in [1.165, 1.54) is 4.70 Å². The van der Waals surface area contributed by atoms with Gasteiger partial charge in [0.2, 0.25) is 5.91 Å². The highest BCUT2D eigenvalue weighted by Crippen LogP contribution is 2.23. The van der Waals surface area contributed by atoms with Crippen LogP contribution in [0.4, 0.5) is 5.69 Å². The van der Waals surface area contributed by atoms with Crippen LogP contribution < -0.4 is 5.32 Å². The van der Waals surface area contributed by atoms with E-state index in [9.17, 15) is 4.79 Å². The predicted molar refractivity (Wildman–Crippen MR) is 109 cm³/mol. The molecule has 1 amide bonds. The van der Waals surface area contributed by atoms with Gasteiger partial charge in [0.15, 0.2) is 0 Å². The molecule has 2 aromatic heterocycles. The molecule has 0 unspecified atom stereocenters. The van der Waals surface area contributed by atoms with Gasteiger partial charge in [-0.2, -0.15) is 0 Å². The minimum absolute atomic E-state index is 0.0341. The first kappa shape index (κ1) is 17.4. The molecule has 0 fully saturated rings. The third kappa shape index (κ3) is 4.23. The van der Waals surface area contributed by atoms with Crippen LogP contribution in [-0.2, 0) is 11.2 Å². The number of amides is 1. The van der Waals surface area contributed by atoms with E-state index in [0.29, 0.717) is 6.42 Å². The van der Waals surface area contributed by atoms with Gasteiger partial charge in [-0.05, 0) is 43.5 Å². The van der Waals surface area contributed by atoms with Gasteiger partial charge in [-0.3, -0.25) is 4.79 Å². The first-order valence-electron chi connectivity index (χ1n) is 9.01. The monoisotopic (exact) mass is 376 g/mol. The fraction of sp³-hybridized carbons (Fsp3) is 0.190. The summed E-state index contributed by atoms with van der Waals surface area (Å²) >= 11 is 1.74. The number of rotatable bonds is 7. The van der Waals surface area contributed by atoms with Crippen LogP contribution in [0.1, 0.15) is 24.3 Å². The molecule has 27 heavy (non-hydrogen) atoms. The SMILES string of the molecule is O=C(CCCCc1nc2ccccc2s1)Nc1ccccc1-n1ccnc1. The van der Waals surface area contributed by atoms with Crippen LogP contribution in [0.3, 0.4) is 0 Å². The molecule has 2 aromatic carbocycles.